The minimum atomic E-state index is -1.09. The van der Waals surface area contributed by atoms with E-state index < -0.39 is 5.97 Å². The van der Waals surface area contributed by atoms with Gasteiger partial charge in [0.25, 0.3) is 0 Å². The molecule has 0 fully saturated rings. The number of nitrogens with zero attached hydrogens (tertiary/aromatic N) is 2. The zero-order chi connectivity index (χ0) is 10.1. The maximum Gasteiger partial charge on any atom is 0.371 e. The van der Waals surface area contributed by atoms with Crippen LogP contribution in [0.15, 0.2) is 33.4 Å². The highest BCUT2D eigenvalue weighted by Crippen LogP contribution is 2.15. The molecule has 0 saturated heterocycles. The molecule has 1 N–H and O–H groups in total. The molecular weight excluding hydrogens is 252 g/mol. The van der Waals surface area contributed by atoms with Crippen molar-refractivity contribution in [3.63, 3.8) is 0 Å². The highest BCUT2D eigenvalue weighted by molar-refractivity contribution is 9.10. The van der Waals surface area contributed by atoms with Gasteiger partial charge in [-0.15, -0.1) is 0 Å². The van der Waals surface area contributed by atoms with Crippen LogP contribution < -0.4 is 0 Å². The molecule has 0 amide bonds. The summed E-state index contributed by atoms with van der Waals surface area (Å²) in [5.74, 6) is -0.831. The van der Waals surface area contributed by atoms with Gasteiger partial charge in [0.2, 0.25) is 11.6 Å². The second-order valence-corrected chi connectivity index (χ2v) is 3.46. The Bertz CT molecular complexity index is 474. The first-order valence-corrected chi connectivity index (χ1v) is 4.50. The largest absolute Gasteiger partial charge is 0.475 e. The number of hydrogen-bond donors (Lipinski definition) is 1. The van der Waals surface area contributed by atoms with Crippen molar-refractivity contribution in [2.45, 2.75) is 0 Å². The molecule has 5 nitrogen and oxygen atoms in total. The number of aromatic nitrogens is 2. The molecule has 2 aromatic heterocycles. The molecule has 72 valence electrons. The van der Waals surface area contributed by atoms with Crippen LogP contribution in [0.1, 0.15) is 10.6 Å². The highest BCUT2D eigenvalue weighted by atomic mass is 79.9. The molecule has 0 radical (unpaired) electrons. The summed E-state index contributed by atoms with van der Waals surface area (Å²) in [6.45, 7) is 0. The minimum Gasteiger partial charge on any atom is -0.475 e. The van der Waals surface area contributed by atoms with Gasteiger partial charge in [-0.25, -0.2) is 9.48 Å². The molecule has 0 aromatic carbocycles. The van der Waals surface area contributed by atoms with Crippen LogP contribution in [0.25, 0.3) is 5.88 Å². The first kappa shape index (κ1) is 9.01. The van der Waals surface area contributed by atoms with Crippen LogP contribution in [0.3, 0.4) is 0 Å². The molecule has 2 aromatic rings. The summed E-state index contributed by atoms with van der Waals surface area (Å²) in [6.07, 6.45) is 3.26. The zero-order valence-electron chi connectivity index (χ0n) is 6.85. The van der Waals surface area contributed by atoms with Gasteiger partial charge in [0.1, 0.15) is 0 Å². The van der Waals surface area contributed by atoms with E-state index in [1.165, 1.54) is 10.7 Å². The van der Waals surface area contributed by atoms with E-state index in [2.05, 4.69) is 21.0 Å². The monoisotopic (exact) mass is 256 g/mol. The summed E-state index contributed by atoms with van der Waals surface area (Å²) in [6, 6.07) is 2.93. The standard InChI is InChI=1S/C8H5BrN2O3/c9-5-3-10-11(4-5)7-2-1-6(14-7)8(12)13/h1-4H,(H,12,13). The lowest BCUT2D eigenvalue weighted by Gasteiger charge is -1.92. The maximum absolute atomic E-state index is 10.5. The average Bonchev–Trinajstić information content (AvgIpc) is 2.70. The second-order valence-electron chi connectivity index (χ2n) is 2.55. The van der Waals surface area contributed by atoms with Gasteiger partial charge in [0.15, 0.2) is 0 Å². The Morgan fingerprint density at radius 2 is 2.36 bits per heavy atom. The van der Waals surface area contributed by atoms with Gasteiger partial charge in [-0.05, 0) is 22.0 Å². The molecule has 0 unspecified atom stereocenters. The van der Waals surface area contributed by atoms with Crippen molar-refractivity contribution in [2.75, 3.05) is 0 Å². The quantitative estimate of drug-likeness (QED) is 0.892. The van der Waals surface area contributed by atoms with Crippen molar-refractivity contribution in [1.82, 2.24) is 9.78 Å². The van der Waals surface area contributed by atoms with Crippen LogP contribution in [0.4, 0.5) is 0 Å². The summed E-state index contributed by atoms with van der Waals surface area (Å²) in [5.41, 5.74) is 0. The van der Waals surface area contributed by atoms with Gasteiger partial charge in [0, 0.05) is 12.3 Å². The molecule has 0 aliphatic heterocycles. The molecular formula is C8H5BrN2O3. The van der Waals surface area contributed by atoms with E-state index >= 15 is 0 Å². The van der Waals surface area contributed by atoms with Crippen LogP contribution in [0, 0.1) is 0 Å². The molecule has 0 saturated carbocycles. The molecule has 0 aliphatic rings. The SMILES string of the molecule is O=C(O)c1ccc(-n2cc(Br)cn2)o1. The van der Waals surface area contributed by atoms with Crippen LogP contribution in [-0.2, 0) is 0 Å². The first-order valence-electron chi connectivity index (χ1n) is 3.70. The number of rotatable bonds is 2. The van der Waals surface area contributed by atoms with E-state index in [1.54, 1.807) is 18.5 Å². The van der Waals surface area contributed by atoms with Crippen molar-refractivity contribution in [1.29, 1.82) is 0 Å². The molecule has 0 aliphatic carbocycles. The first-order chi connectivity index (χ1) is 6.66. The molecule has 2 rings (SSSR count). The molecule has 0 atom stereocenters. The van der Waals surface area contributed by atoms with E-state index in [4.69, 9.17) is 9.52 Å². The van der Waals surface area contributed by atoms with Crippen molar-refractivity contribution in [3.05, 3.63) is 34.8 Å². The van der Waals surface area contributed by atoms with Gasteiger partial charge in [0.05, 0.1) is 10.7 Å². The number of furan rings is 1. The molecule has 6 heteroatoms. The third-order valence-electron chi connectivity index (χ3n) is 1.58. The van der Waals surface area contributed by atoms with Crippen molar-refractivity contribution < 1.29 is 14.3 Å². The van der Waals surface area contributed by atoms with Crippen LogP contribution in [-0.4, -0.2) is 20.9 Å². The van der Waals surface area contributed by atoms with E-state index in [-0.39, 0.29) is 5.76 Å². The number of aromatic carboxylic acids is 1. The van der Waals surface area contributed by atoms with Crippen molar-refractivity contribution in [2.24, 2.45) is 0 Å². The Balaban J connectivity index is 2.38. The normalized spacial score (nSPS) is 10.4. The van der Waals surface area contributed by atoms with E-state index in [1.807, 2.05) is 0 Å². The lowest BCUT2D eigenvalue weighted by atomic mass is 10.5. The van der Waals surface area contributed by atoms with Crippen LogP contribution in [0.2, 0.25) is 0 Å². The van der Waals surface area contributed by atoms with E-state index in [0.717, 1.165) is 4.47 Å². The molecule has 2 heterocycles. The van der Waals surface area contributed by atoms with Gasteiger partial charge in [-0.1, -0.05) is 0 Å². The lowest BCUT2D eigenvalue weighted by Crippen LogP contribution is -1.94. The second kappa shape index (κ2) is 3.30. The number of carboxylic acid groups (broad SMARTS) is 1. The lowest BCUT2D eigenvalue weighted by molar-refractivity contribution is 0.0662. The third-order valence-corrected chi connectivity index (χ3v) is 1.99. The summed E-state index contributed by atoms with van der Waals surface area (Å²) in [7, 11) is 0. The fourth-order valence-electron chi connectivity index (χ4n) is 0.987. The van der Waals surface area contributed by atoms with Gasteiger partial charge in [-0.2, -0.15) is 5.10 Å². The molecule has 14 heavy (non-hydrogen) atoms. The van der Waals surface area contributed by atoms with Gasteiger partial charge >= 0.3 is 5.97 Å². The number of halogens is 1. The number of hydrogen-bond acceptors (Lipinski definition) is 3. The summed E-state index contributed by atoms with van der Waals surface area (Å²) in [4.78, 5) is 10.5. The third kappa shape index (κ3) is 1.56. The summed E-state index contributed by atoms with van der Waals surface area (Å²) < 4.78 is 7.26. The van der Waals surface area contributed by atoms with Crippen molar-refractivity contribution >= 4 is 21.9 Å². The Labute approximate surface area is 87.1 Å². The van der Waals surface area contributed by atoms with E-state index in [9.17, 15) is 4.79 Å². The number of carbonyl (C=O) groups is 1. The molecule has 0 bridgehead atoms. The Morgan fingerprint density at radius 1 is 1.57 bits per heavy atom. The Morgan fingerprint density at radius 3 is 2.86 bits per heavy atom. The topological polar surface area (TPSA) is 68.3 Å². The fourth-order valence-corrected chi connectivity index (χ4v) is 1.27. The minimum absolute atomic E-state index is 0.105. The Hall–Kier alpha value is -1.56. The van der Waals surface area contributed by atoms with Gasteiger partial charge in [-0.3, -0.25) is 0 Å². The van der Waals surface area contributed by atoms with Crippen LogP contribution in [0.5, 0.6) is 0 Å². The summed E-state index contributed by atoms with van der Waals surface area (Å²) >= 11 is 3.22. The summed E-state index contributed by atoms with van der Waals surface area (Å²) in [5, 5.41) is 12.6. The van der Waals surface area contributed by atoms with Crippen molar-refractivity contribution in [3.8, 4) is 5.88 Å². The molecule has 0 spiro atoms. The average molecular weight is 257 g/mol. The maximum atomic E-state index is 10.5. The predicted molar refractivity (Wildman–Crippen MR) is 50.5 cm³/mol. The van der Waals surface area contributed by atoms with Gasteiger partial charge < -0.3 is 9.52 Å². The Kier molecular flexibility index (Phi) is 2.12. The highest BCUT2D eigenvalue weighted by Gasteiger charge is 2.10. The van der Waals surface area contributed by atoms with E-state index in [0.29, 0.717) is 5.88 Å². The van der Waals surface area contributed by atoms with Crippen LogP contribution >= 0.6 is 15.9 Å². The number of carboxylic acids is 1. The fraction of sp³-hybridized carbons (Fsp3) is 0. The smallest absolute Gasteiger partial charge is 0.371 e. The zero-order valence-corrected chi connectivity index (χ0v) is 8.43. The predicted octanol–water partition coefficient (Wildman–Crippen LogP) is 1.93.